The second kappa shape index (κ2) is 6.06. The number of nitrogens with one attached hydrogen (secondary N) is 1. The van der Waals surface area contributed by atoms with Crippen LogP contribution in [-0.4, -0.2) is 24.9 Å². The van der Waals surface area contributed by atoms with Crippen LogP contribution in [0, 0.1) is 5.41 Å². The molecule has 0 spiro atoms. The highest BCUT2D eigenvalue weighted by Crippen LogP contribution is 2.20. The van der Waals surface area contributed by atoms with Gasteiger partial charge in [0.25, 0.3) is 0 Å². The highest BCUT2D eigenvalue weighted by atomic mass is 16.5. The van der Waals surface area contributed by atoms with Gasteiger partial charge in [-0.3, -0.25) is 10.4 Å². The van der Waals surface area contributed by atoms with Gasteiger partial charge in [-0.2, -0.15) is 0 Å². The van der Waals surface area contributed by atoms with Gasteiger partial charge < -0.3 is 15.4 Å². The molecule has 2 rings (SSSR count). The van der Waals surface area contributed by atoms with E-state index in [0.717, 1.165) is 17.0 Å². The lowest BCUT2D eigenvalue weighted by molar-refractivity contribution is 0.306. The number of aromatic nitrogens is 1. The molecule has 0 aliphatic carbocycles. The molecule has 0 atom stereocenters. The molecule has 0 aliphatic rings. The van der Waals surface area contributed by atoms with Crippen LogP contribution in [0.3, 0.4) is 0 Å². The van der Waals surface area contributed by atoms with Gasteiger partial charge in [-0.25, -0.2) is 0 Å². The van der Waals surface area contributed by atoms with E-state index in [1.54, 1.807) is 12.3 Å². The molecule has 0 amide bonds. The Kier molecular flexibility index (Phi) is 4.20. The lowest BCUT2D eigenvalue weighted by Crippen LogP contribution is -2.13. The summed E-state index contributed by atoms with van der Waals surface area (Å²) in [6, 6.07) is 11.5. The molecule has 0 unspecified atom stereocenters. The van der Waals surface area contributed by atoms with E-state index < -0.39 is 0 Å². The van der Waals surface area contributed by atoms with Crippen molar-refractivity contribution < 1.29 is 4.74 Å². The maximum absolute atomic E-state index is 7.37. The summed E-state index contributed by atoms with van der Waals surface area (Å²) in [5, 5.41) is 7.37. The van der Waals surface area contributed by atoms with E-state index >= 15 is 0 Å². The first kappa shape index (κ1) is 13.9. The van der Waals surface area contributed by atoms with Gasteiger partial charge in [0.1, 0.15) is 23.9 Å². The van der Waals surface area contributed by atoms with Crippen molar-refractivity contribution >= 4 is 11.5 Å². The summed E-state index contributed by atoms with van der Waals surface area (Å²) in [6.45, 7) is 0.416. The maximum atomic E-state index is 7.37. The number of hydrogen-bond donors (Lipinski definition) is 2. The van der Waals surface area contributed by atoms with Gasteiger partial charge in [-0.05, 0) is 29.8 Å². The standard InChI is InChI=1S/C15H18N4O/c1-19(2)12-4-3-5-13(9-12)20-10-11-6-7-18-14(8-11)15(16)17/h3-9H,10H2,1-2H3,(H3,16,17). The molecule has 0 bridgehead atoms. The number of nitrogens with two attached hydrogens (primary N) is 1. The second-order valence-electron chi connectivity index (χ2n) is 4.64. The Morgan fingerprint density at radius 1 is 1.30 bits per heavy atom. The van der Waals surface area contributed by atoms with Crippen molar-refractivity contribution in [3.8, 4) is 5.75 Å². The van der Waals surface area contributed by atoms with Gasteiger partial charge >= 0.3 is 0 Å². The van der Waals surface area contributed by atoms with Crippen molar-refractivity contribution in [1.82, 2.24) is 4.98 Å². The number of pyridine rings is 1. The highest BCUT2D eigenvalue weighted by molar-refractivity contribution is 5.93. The van der Waals surface area contributed by atoms with Crippen molar-refractivity contribution in [1.29, 1.82) is 5.41 Å². The Hall–Kier alpha value is -2.56. The number of nitrogens with zero attached hydrogens (tertiary/aromatic N) is 2. The number of benzene rings is 1. The number of nitrogen functional groups attached to an aromatic ring is 1. The van der Waals surface area contributed by atoms with Gasteiger partial charge in [0.2, 0.25) is 0 Å². The lowest BCUT2D eigenvalue weighted by atomic mass is 10.2. The van der Waals surface area contributed by atoms with Crippen LogP contribution in [0.15, 0.2) is 42.6 Å². The largest absolute Gasteiger partial charge is 0.489 e. The summed E-state index contributed by atoms with van der Waals surface area (Å²) < 4.78 is 5.75. The van der Waals surface area contributed by atoms with Crippen molar-refractivity contribution in [2.75, 3.05) is 19.0 Å². The zero-order valence-corrected chi connectivity index (χ0v) is 11.6. The Bertz CT molecular complexity index is 610. The molecular formula is C15H18N4O. The van der Waals surface area contributed by atoms with Gasteiger partial charge in [-0.1, -0.05) is 6.07 Å². The normalized spacial score (nSPS) is 10.1. The van der Waals surface area contributed by atoms with Crippen LogP contribution < -0.4 is 15.4 Å². The smallest absolute Gasteiger partial charge is 0.141 e. The number of rotatable bonds is 5. The third-order valence-corrected chi connectivity index (χ3v) is 2.84. The third kappa shape index (κ3) is 3.47. The molecule has 2 aromatic rings. The summed E-state index contributed by atoms with van der Waals surface area (Å²) in [5.74, 6) is 0.763. The quantitative estimate of drug-likeness (QED) is 0.643. The average molecular weight is 270 g/mol. The average Bonchev–Trinajstić information content (AvgIpc) is 2.45. The fourth-order valence-corrected chi connectivity index (χ4v) is 1.73. The van der Waals surface area contributed by atoms with Crippen LogP contribution in [0.1, 0.15) is 11.3 Å². The van der Waals surface area contributed by atoms with E-state index in [1.807, 2.05) is 49.3 Å². The molecule has 1 aromatic heterocycles. The van der Waals surface area contributed by atoms with Crippen molar-refractivity contribution in [2.24, 2.45) is 5.73 Å². The predicted octanol–water partition coefficient (Wildman–Crippen LogP) is 2.01. The summed E-state index contributed by atoms with van der Waals surface area (Å²) in [5.41, 5.74) is 7.90. The van der Waals surface area contributed by atoms with Crippen molar-refractivity contribution in [3.05, 3.63) is 53.9 Å². The van der Waals surface area contributed by atoms with E-state index in [1.165, 1.54) is 0 Å². The minimum absolute atomic E-state index is 0.0403. The van der Waals surface area contributed by atoms with Crippen LogP contribution >= 0.6 is 0 Å². The highest BCUT2D eigenvalue weighted by Gasteiger charge is 2.02. The molecule has 20 heavy (non-hydrogen) atoms. The first-order chi connectivity index (χ1) is 9.56. The van der Waals surface area contributed by atoms with E-state index in [4.69, 9.17) is 15.9 Å². The Morgan fingerprint density at radius 3 is 2.80 bits per heavy atom. The molecule has 0 radical (unpaired) electrons. The summed E-state index contributed by atoms with van der Waals surface area (Å²) in [6.07, 6.45) is 1.63. The van der Waals surface area contributed by atoms with E-state index in [0.29, 0.717) is 12.3 Å². The van der Waals surface area contributed by atoms with Crippen LogP contribution in [0.25, 0.3) is 0 Å². The zero-order valence-electron chi connectivity index (χ0n) is 11.6. The fourth-order valence-electron chi connectivity index (χ4n) is 1.73. The molecule has 3 N–H and O–H groups in total. The molecule has 5 heteroatoms. The molecular weight excluding hydrogens is 252 g/mol. The summed E-state index contributed by atoms with van der Waals surface area (Å²) >= 11 is 0. The maximum Gasteiger partial charge on any atom is 0.141 e. The van der Waals surface area contributed by atoms with Crippen LogP contribution in [0.5, 0.6) is 5.75 Å². The number of ether oxygens (including phenoxy) is 1. The molecule has 104 valence electrons. The molecule has 1 heterocycles. The SMILES string of the molecule is CN(C)c1cccc(OCc2ccnc(C(=N)N)c2)c1. The monoisotopic (exact) mass is 270 g/mol. The molecule has 0 fully saturated rings. The molecule has 1 aromatic carbocycles. The van der Waals surface area contributed by atoms with Crippen molar-refractivity contribution in [3.63, 3.8) is 0 Å². The van der Waals surface area contributed by atoms with Crippen LogP contribution in [-0.2, 0) is 6.61 Å². The Labute approximate surface area is 118 Å². The van der Waals surface area contributed by atoms with Crippen LogP contribution in [0.4, 0.5) is 5.69 Å². The topological polar surface area (TPSA) is 75.2 Å². The number of anilines is 1. The number of hydrogen-bond acceptors (Lipinski definition) is 4. The van der Waals surface area contributed by atoms with Crippen molar-refractivity contribution in [2.45, 2.75) is 6.61 Å². The lowest BCUT2D eigenvalue weighted by Gasteiger charge is -2.14. The minimum atomic E-state index is -0.0403. The molecule has 5 nitrogen and oxygen atoms in total. The minimum Gasteiger partial charge on any atom is -0.489 e. The Morgan fingerprint density at radius 2 is 2.10 bits per heavy atom. The molecule has 0 saturated carbocycles. The number of amidine groups is 1. The van der Waals surface area contributed by atoms with E-state index in [2.05, 4.69) is 4.98 Å². The van der Waals surface area contributed by atoms with E-state index in [9.17, 15) is 0 Å². The first-order valence-electron chi connectivity index (χ1n) is 6.26. The van der Waals surface area contributed by atoms with Gasteiger partial charge in [0.15, 0.2) is 0 Å². The van der Waals surface area contributed by atoms with Gasteiger partial charge in [0.05, 0.1) is 0 Å². The second-order valence-corrected chi connectivity index (χ2v) is 4.64. The Balaban J connectivity index is 2.07. The van der Waals surface area contributed by atoms with E-state index in [-0.39, 0.29) is 5.84 Å². The molecule has 0 saturated heterocycles. The first-order valence-corrected chi connectivity index (χ1v) is 6.26. The third-order valence-electron chi connectivity index (χ3n) is 2.84. The van der Waals surface area contributed by atoms with Gasteiger partial charge in [0, 0.05) is 32.0 Å². The summed E-state index contributed by atoms with van der Waals surface area (Å²) in [4.78, 5) is 6.04. The summed E-state index contributed by atoms with van der Waals surface area (Å²) in [7, 11) is 3.97. The zero-order chi connectivity index (χ0) is 14.5. The molecule has 0 aliphatic heterocycles. The predicted molar refractivity (Wildman–Crippen MR) is 80.4 cm³/mol. The van der Waals surface area contributed by atoms with Gasteiger partial charge in [-0.15, -0.1) is 0 Å². The van der Waals surface area contributed by atoms with Crippen LogP contribution in [0.2, 0.25) is 0 Å². The fraction of sp³-hybridized carbons (Fsp3) is 0.200.